The van der Waals surface area contributed by atoms with Gasteiger partial charge in [0.1, 0.15) is 0 Å². The van der Waals surface area contributed by atoms with E-state index in [1.54, 1.807) is 6.07 Å². The summed E-state index contributed by atoms with van der Waals surface area (Å²) in [5.74, 6) is -0.904. The molecule has 2 aromatic rings. The Morgan fingerprint density at radius 2 is 1.74 bits per heavy atom. The predicted molar refractivity (Wildman–Crippen MR) is 77.4 cm³/mol. The highest BCUT2D eigenvalue weighted by molar-refractivity contribution is 5.95. The smallest absolute Gasteiger partial charge is 0.337 e. The second-order valence-corrected chi connectivity index (χ2v) is 4.72. The van der Waals surface area contributed by atoms with Gasteiger partial charge in [-0.05, 0) is 43.7 Å². The molecule has 0 bridgehead atoms. The molecule has 19 heavy (non-hydrogen) atoms. The Morgan fingerprint density at radius 3 is 2.37 bits per heavy atom. The average molecular weight is 255 g/mol. The van der Waals surface area contributed by atoms with Gasteiger partial charge in [-0.3, -0.25) is 0 Å². The first-order valence-electron chi connectivity index (χ1n) is 6.13. The van der Waals surface area contributed by atoms with E-state index in [1.165, 1.54) is 0 Å². The summed E-state index contributed by atoms with van der Waals surface area (Å²) in [6, 6.07) is 13.5. The fourth-order valence-electron chi connectivity index (χ4n) is 2.09. The third-order valence-electron chi connectivity index (χ3n) is 3.13. The normalized spacial score (nSPS) is 10.3. The molecule has 0 radical (unpaired) electrons. The zero-order chi connectivity index (χ0) is 14.0. The van der Waals surface area contributed by atoms with Crippen LogP contribution in [0.3, 0.4) is 0 Å². The van der Waals surface area contributed by atoms with Crippen LogP contribution < -0.4 is 4.90 Å². The van der Waals surface area contributed by atoms with E-state index in [2.05, 4.69) is 0 Å². The van der Waals surface area contributed by atoms with Crippen LogP contribution in [0, 0.1) is 13.8 Å². The number of aromatic carboxylic acids is 1. The minimum absolute atomic E-state index is 0.323. The van der Waals surface area contributed by atoms with E-state index in [1.807, 2.05) is 62.2 Å². The number of carbonyl (C=O) groups is 1. The van der Waals surface area contributed by atoms with Crippen LogP contribution in [0.5, 0.6) is 0 Å². The number of anilines is 2. The number of nitrogens with zero attached hydrogens (tertiary/aromatic N) is 1. The quantitative estimate of drug-likeness (QED) is 0.907. The van der Waals surface area contributed by atoms with Crippen LogP contribution in [0.4, 0.5) is 11.4 Å². The first-order chi connectivity index (χ1) is 8.99. The molecule has 0 heterocycles. The number of aryl methyl sites for hydroxylation is 2. The Bertz CT molecular complexity index is 620. The van der Waals surface area contributed by atoms with Gasteiger partial charge in [0.25, 0.3) is 0 Å². The Hall–Kier alpha value is -2.29. The maximum Gasteiger partial charge on any atom is 0.337 e. The monoisotopic (exact) mass is 255 g/mol. The van der Waals surface area contributed by atoms with Crippen molar-refractivity contribution in [3.8, 4) is 0 Å². The molecule has 0 aromatic heterocycles. The molecule has 2 rings (SSSR count). The number of hydrogen-bond donors (Lipinski definition) is 1. The summed E-state index contributed by atoms with van der Waals surface area (Å²) in [6.45, 7) is 3.91. The molecule has 3 heteroatoms. The summed E-state index contributed by atoms with van der Waals surface area (Å²) in [6.07, 6.45) is 0. The highest BCUT2D eigenvalue weighted by Gasteiger charge is 2.14. The summed E-state index contributed by atoms with van der Waals surface area (Å²) < 4.78 is 0. The van der Waals surface area contributed by atoms with Gasteiger partial charge in [-0.2, -0.15) is 0 Å². The third kappa shape index (κ3) is 2.76. The van der Waals surface area contributed by atoms with Crippen molar-refractivity contribution in [3.05, 3.63) is 59.2 Å². The van der Waals surface area contributed by atoms with Crippen molar-refractivity contribution in [2.24, 2.45) is 0 Å². The van der Waals surface area contributed by atoms with Crippen LogP contribution in [-0.4, -0.2) is 18.1 Å². The van der Waals surface area contributed by atoms with Crippen molar-refractivity contribution in [1.82, 2.24) is 0 Å². The second kappa shape index (κ2) is 5.14. The van der Waals surface area contributed by atoms with Gasteiger partial charge < -0.3 is 10.0 Å². The fourth-order valence-corrected chi connectivity index (χ4v) is 2.09. The molecular formula is C16H17NO2. The molecular weight excluding hydrogens is 238 g/mol. The third-order valence-corrected chi connectivity index (χ3v) is 3.13. The molecule has 0 aliphatic carbocycles. The van der Waals surface area contributed by atoms with Crippen LogP contribution in [0.15, 0.2) is 42.5 Å². The van der Waals surface area contributed by atoms with Crippen molar-refractivity contribution in [1.29, 1.82) is 0 Å². The van der Waals surface area contributed by atoms with Gasteiger partial charge >= 0.3 is 5.97 Å². The topological polar surface area (TPSA) is 40.5 Å². The number of benzene rings is 2. The first kappa shape index (κ1) is 13.1. The summed E-state index contributed by atoms with van der Waals surface area (Å²) in [4.78, 5) is 13.2. The van der Waals surface area contributed by atoms with E-state index >= 15 is 0 Å². The minimum Gasteiger partial charge on any atom is -0.478 e. The lowest BCUT2D eigenvalue weighted by atomic mass is 10.1. The van der Waals surface area contributed by atoms with E-state index in [-0.39, 0.29) is 0 Å². The lowest BCUT2D eigenvalue weighted by Gasteiger charge is -2.22. The van der Waals surface area contributed by atoms with Crippen molar-refractivity contribution in [2.45, 2.75) is 13.8 Å². The largest absolute Gasteiger partial charge is 0.478 e. The fraction of sp³-hybridized carbons (Fsp3) is 0.188. The Morgan fingerprint density at radius 1 is 1.05 bits per heavy atom. The SMILES string of the molecule is Cc1cccc(N(C)c2ccc(C)cc2C(=O)O)c1. The number of hydrogen-bond acceptors (Lipinski definition) is 2. The van der Waals surface area contributed by atoms with Gasteiger partial charge in [0, 0.05) is 12.7 Å². The summed E-state index contributed by atoms with van der Waals surface area (Å²) in [5.41, 5.74) is 4.09. The van der Waals surface area contributed by atoms with E-state index < -0.39 is 5.97 Å². The standard InChI is InChI=1S/C16H17NO2/c1-11-5-4-6-13(9-11)17(3)15-8-7-12(2)10-14(15)16(18)19/h4-10H,1-3H3,(H,18,19). The molecule has 0 saturated heterocycles. The highest BCUT2D eigenvalue weighted by atomic mass is 16.4. The van der Waals surface area contributed by atoms with E-state index in [9.17, 15) is 9.90 Å². The molecule has 2 aromatic carbocycles. The molecule has 0 aliphatic rings. The second-order valence-electron chi connectivity index (χ2n) is 4.72. The van der Waals surface area contributed by atoms with Crippen LogP contribution in [0.2, 0.25) is 0 Å². The van der Waals surface area contributed by atoms with Crippen molar-refractivity contribution >= 4 is 17.3 Å². The molecule has 3 nitrogen and oxygen atoms in total. The average Bonchev–Trinajstić information content (AvgIpc) is 2.37. The summed E-state index contributed by atoms with van der Waals surface area (Å²) in [5, 5.41) is 9.31. The van der Waals surface area contributed by atoms with E-state index in [0.717, 1.165) is 16.8 Å². The van der Waals surface area contributed by atoms with E-state index in [4.69, 9.17) is 0 Å². The maximum absolute atomic E-state index is 11.4. The summed E-state index contributed by atoms with van der Waals surface area (Å²) >= 11 is 0. The van der Waals surface area contributed by atoms with Gasteiger partial charge in [0.2, 0.25) is 0 Å². The predicted octanol–water partition coefficient (Wildman–Crippen LogP) is 3.77. The summed E-state index contributed by atoms with van der Waals surface area (Å²) in [7, 11) is 1.88. The molecule has 0 unspecified atom stereocenters. The number of rotatable bonds is 3. The molecule has 0 spiro atoms. The minimum atomic E-state index is -0.904. The zero-order valence-corrected chi connectivity index (χ0v) is 11.3. The Balaban J connectivity index is 2.49. The van der Waals surface area contributed by atoms with Crippen LogP contribution in [0.1, 0.15) is 21.5 Å². The molecule has 0 fully saturated rings. The zero-order valence-electron chi connectivity index (χ0n) is 11.3. The van der Waals surface area contributed by atoms with Gasteiger partial charge in [0.15, 0.2) is 0 Å². The van der Waals surface area contributed by atoms with Crippen molar-refractivity contribution in [2.75, 3.05) is 11.9 Å². The van der Waals surface area contributed by atoms with Crippen LogP contribution in [0.25, 0.3) is 0 Å². The van der Waals surface area contributed by atoms with Crippen LogP contribution in [-0.2, 0) is 0 Å². The highest BCUT2D eigenvalue weighted by Crippen LogP contribution is 2.28. The van der Waals surface area contributed by atoms with E-state index in [0.29, 0.717) is 11.3 Å². The van der Waals surface area contributed by atoms with Crippen molar-refractivity contribution in [3.63, 3.8) is 0 Å². The van der Waals surface area contributed by atoms with Gasteiger partial charge in [-0.25, -0.2) is 4.79 Å². The lowest BCUT2D eigenvalue weighted by Crippen LogP contribution is -2.14. The van der Waals surface area contributed by atoms with Gasteiger partial charge in [-0.1, -0.05) is 23.8 Å². The number of carboxylic acids is 1. The molecule has 98 valence electrons. The molecule has 1 N–H and O–H groups in total. The molecule has 0 saturated carbocycles. The molecule has 0 aliphatic heterocycles. The van der Waals surface area contributed by atoms with Gasteiger partial charge in [0.05, 0.1) is 11.3 Å². The lowest BCUT2D eigenvalue weighted by molar-refractivity contribution is 0.0697. The first-order valence-corrected chi connectivity index (χ1v) is 6.13. The number of carboxylic acid groups (broad SMARTS) is 1. The Labute approximate surface area is 113 Å². The maximum atomic E-state index is 11.4. The van der Waals surface area contributed by atoms with Gasteiger partial charge in [-0.15, -0.1) is 0 Å². The van der Waals surface area contributed by atoms with Crippen LogP contribution >= 0.6 is 0 Å². The van der Waals surface area contributed by atoms with Crippen molar-refractivity contribution < 1.29 is 9.90 Å². The Kier molecular flexibility index (Phi) is 3.56. The molecule has 0 amide bonds. The molecule has 0 atom stereocenters.